The van der Waals surface area contributed by atoms with Crippen molar-refractivity contribution in [3.63, 3.8) is 0 Å². The van der Waals surface area contributed by atoms with Crippen molar-refractivity contribution in [3.8, 4) is 11.1 Å². The van der Waals surface area contributed by atoms with Gasteiger partial charge >= 0.3 is 5.97 Å². The summed E-state index contributed by atoms with van der Waals surface area (Å²) in [5.41, 5.74) is 1.89. The number of hydrogen-bond donors (Lipinski definition) is 1. The molecule has 0 aliphatic heterocycles. The minimum atomic E-state index is -0.506. The van der Waals surface area contributed by atoms with Crippen molar-refractivity contribution in [2.75, 3.05) is 6.61 Å². The van der Waals surface area contributed by atoms with Crippen LogP contribution in [0.1, 0.15) is 12.5 Å². The zero-order chi connectivity index (χ0) is 16.8. The lowest BCUT2D eigenvalue weighted by atomic mass is 10.0. The molecular weight excluding hydrogens is 314 g/mol. The van der Waals surface area contributed by atoms with Gasteiger partial charge in [-0.15, -0.1) is 12.6 Å². The van der Waals surface area contributed by atoms with Crippen LogP contribution in [0.15, 0.2) is 53.4 Å². The first kappa shape index (κ1) is 16.8. The number of esters is 1. The summed E-state index contributed by atoms with van der Waals surface area (Å²) in [6.07, 6.45) is 2.71. The number of ether oxygens (including phenoxy) is 1. The third-order valence-electron chi connectivity index (χ3n) is 3.11. The zero-order valence-electron chi connectivity index (χ0n) is 12.4. The number of benzene rings is 2. The lowest BCUT2D eigenvalue weighted by Crippen LogP contribution is -1.99. The Labute approximate surface area is 139 Å². The van der Waals surface area contributed by atoms with E-state index in [-0.39, 0.29) is 17.2 Å². The fourth-order valence-corrected chi connectivity index (χ4v) is 2.34. The van der Waals surface area contributed by atoms with Gasteiger partial charge in [0, 0.05) is 12.1 Å². The second kappa shape index (κ2) is 7.60. The Balaban J connectivity index is 2.51. The quantitative estimate of drug-likeness (QED) is 0.294. The predicted molar refractivity (Wildman–Crippen MR) is 91.5 cm³/mol. The highest BCUT2D eigenvalue weighted by molar-refractivity contribution is 7.80. The van der Waals surface area contributed by atoms with Crippen LogP contribution in [-0.4, -0.2) is 17.5 Å². The van der Waals surface area contributed by atoms with Gasteiger partial charge in [0.05, 0.1) is 16.4 Å². The van der Waals surface area contributed by atoms with E-state index in [0.717, 1.165) is 5.56 Å². The van der Waals surface area contributed by atoms with E-state index < -0.39 is 10.9 Å². The van der Waals surface area contributed by atoms with Gasteiger partial charge in [-0.05, 0) is 35.8 Å². The molecule has 0 fully saturated rings. The standard InChI is InChI=1S/C17H15NO4S/c1-2-22-16(19)9-8-13-10-14(12-6-4-3-5-7-12)11-15(17(13)23)18(20)21/h3-11,23H,2H2,1H3/b9-8+. The second-order valence-corrected chi connectivity index (χ2v) is 5.09. The summed E-state index contributed by atoms with van der Waals surface area (Å²) in [6, 6.07) is 12.5. The average molecular weight is 329 g/mol. The van der Waals surface area contributed by atoms with E-state index in [1.54, 1.807) is 13.0 Å². The van der Waals surface area contributed by atoms with E-state index in [4.69, 9.17) is 4.74 Å². The molecule has 0 N–H and O–H groups in total. The topological polar surface area (TPSA) is 69.4 Å². The normalized spacial score (nSPS) is 10.7. The van der Waals surface area contributed by atoms with Crippen molar-refractivity contribution in [2.24, 2.45) is 0 Å². The number of nitro benzene ring substituents is 1. The fourth-order valence-electron chi connectivity index (χ4n) is 2.05. The maximum Gasteiger partial charge on any atom is 0.330 e. The van der Waals surface area contributed by atoms with Crippen LogP contribution in [0.2, 0.25) is 0 Å². The zero-order valence-corrected chi connectivity index (χ0v) is 13.3. The molecule has 2 aromatic rings. The van der Waals surface area contributed by atoms with Gasteiger partial charge in [-0.1, -0.05) is 30.3 Å². The van der Waals surface area contributed by atoms with Crippen LogP contribution in [0.3, 0.4) is 0 Å². The Hall–Kier alpha value is -2.60. The predicted octanol–water partition coefficient (Wildman–Crippen LogP) is 4.13. The summed E-state index contributed by atoms with van der Waals surface area (Å²) < 4.78 is 4.81. The van der Waals surface area contributed by atoms with Crippen molar-refractivity contribution in [1.82, 2.24) is 0 Å². The van der Waals surface area contributed by atoms with Crippen LogP contribution >= 0.6 is 12.6 Å². The third kappa shape index (κ3) is 4.20. The summed E-state index contributed by atoms with van der Waals surface area (Å²) in [5, 5.41) is 11.2. The highest BCUT2D eigenvalue weighted by atomic mass is 32.1. The van der Waals surface area contributed by atoms with Gasteiger partial charge in [-0.2, -0.15) is 0 Å². The molecule has 23 heavy (non-hydrogen) atoms. The minimum absolute atomic E-state index is 0.113. The molecule has 0 aromatic heterocycles. The fraction of sp³-hybridized carbons (Fsp3) is 0.118. The van der Waals surface area contributed by atoms with Gasteiger partial charge in [0.25, 0.3) is 5.69 Å². The molecule has 2 rings (SSSR count). The van der Waals surface area contributed by atoms with Crippen LogP contribution in [0.5, 0.6) is 0 Å². The summed E-state index contributed by atoms with van der Waals surface area (Å²) in [4.78, 5) is 22.4. The Bertz CT molecular complexity index is 757. The van der Waals surface area contributed by atoms with Crippen LogP contribution in [0, 0.1) is 10.1 Å². The maximum absolute atomic E-state index is 11.4. The van der Waals surface area contributed by atoms with E-state index in [1.807, 2.05) is 30.3 Å². The summed E-state index contributed by atoms with van der Waals surface area (Å²) in [7, 11) is 0. The van der Waals surface area contributed by atoms with E-state index in [2.05, 4.69) is 12.6 Å². The number of carbonyl (C=O) groups is 1. The molecule has 0 unspecified atom stereocenters. The molecular formula is C17H15NO4S. The molecule has 2 aromatic carbocycles. The van der Waals surface area contributed by atoms with Gasteiger partial charge in [-0.3, -0.25) is 10.1 Å². The molecule has 0 aliphatic carbocycles. The SMILES string of the molecule is CCOC(=O)/C=C/c1cc(-c2ccccc2)cc([N+](=O)[O-])c1S. The van der Waals surface area contributed by atoms with E-state index >= 15 is 0 Å². The van der Waals surface area contributed by atoms with Crippen LogP contribution in [0.4, 0.5) is 5.69 Å². The Morgan fingerprint density at radius 2 is 1.96 bits per heavy atom. The molecule has 0 amide bonds. The smallest absolute Gasteiger partial charge is 0.330 e. The third-order valence-corrected chi connectivity index (χ3v) is 3.60. The van der Waals surface area contributed by atoms with E-state index in [9.17, 15) is 14.9 Å². The summed E-state index contributed by atoms with van der Waals surface area (Å²) >= 11 is 4.22. The first-order valence-electron chi connectivity index (χ1n) is 6.94. The molecule has 118 valence electrons. The lowest BCUT2D eigenvalue weighted by Gasteiger charge is -2.07. The molecule has 0 bridgehead atoms. The average Bonchev–Trinajstić information content (AvgIpc) is 2.54. The molecule has 0 saturated heterocycles. The van der Waals surface area contributed by atoms with Gasteiger partial charge in [-0.25, -0.2) is 4.79 Å². The molecule has 6 heteroatoms. The number of rotatable bonds is 5. The highest BCUT2D eigenvalue weighted by Crippen LogP contribution is 2.33. The molecule has 0 aliphatic rings. The van der Waals surface area contributed by atoms with Crippen molar-refractivity contribution < 1.29 is 14.5 Å². The van der Waals surface area contributed by atoms with Gasteiger partial charge < -0.3 is 4.74 Å². The molecule has 0 spiro atoms. The minimum Gasteiger partial charge on any atom is -0.463 e. The van der Waals surface area contributed by atoms with Crippen molar-refractivity contribution in [3.05, 3.63) is 64.2 Å². The molecule has 0 atom stereocenters. The van der Waals surface area contributed by atoms with Crippen LogP contribution in [0.25, 0.3) is 17.2 Å². The Kier molecular flexibility index (Phi) is 5.54. The maximum atomic E-state index is 11.4. The highest BCUT2D eigenvalue weighted by Gasteiger charge is 2.16. The van der Waals surface area contributed by atoms with Crippen LogP contribution < -0.4 is 0 Å². The van der Waals surface area contributed by atoms with Gasteiger partial charge in [0.2, 0.25) is 0 Å². The number of nitrogens with zero attached hydrogens (tertiary/aromatic N) is 1. The van der Waals surface area contributed by atoms with E-state index in [1.165, 1.54) is 18.2 Å². The Morgan fingerprint density at radius 1 is 1.26 bits per heavy atom. The van der Waals surface area contributed by atoms with Crippen molar-refractivity contribution in [1.29, 1.82) is 0 Å². The van der Waals surface area contributed by atoms with E-state index in [0.29, 0.717) is 11.1 Å². The number of hydrogen-bond acceptors (Lipinski definition) is 5. The monoisotopic (exact) mass is 329 g/mol. The first-order valence-corrected chi connectivity index (χ1v) is 7.39. The molecule has 5 nitrogen and oxygen atoms in total. The summed E-state index contributed by atoms with van der Waals surface area (Å²) in [5.74, 6) is -0.506. The molecule has 0 saturated carbocycles. The number of thiol groups is 1. The Morgan fingerprint density at radius 3 is 2.57 bits per heavy atom. The lowest BCUT2D eigenvalue weighted by molar-refractivity contribution is -0.387. The summed E-state index contributed by atoms with van der Waals surface area (Å²) in [6.45, 7) is 1.97. The van der Waals surface area contributed by atoms with Crippen LogP contribution in [-0.2, 0) is 9.53 Å². The van der Waals surface area contributed by atoms with Crippen molar-refractivity contribution in [2.45, 2.75) is 11.8 Å². The second-order valence-electron chi connectivity index (χ2n) is 4.64. The largest absolute Gasteiger partial charge is 0.463 e. The first-order chi connectivity index (χ1) is 11.0. The molecule has 0 radical (unpaired) electrons. The number of nitro groups is 1. The number of carbonyl (C=O) groups excluding carboxylic acids is 1. The molecule has 0 heterocycles. The van der Waals surface area contributed by atoms with Gasteiger partial charge in [0.1, 0.15) is 0 Å². The van der Waals surface area contributed by atoms with Gasteiger partial charge in [0.15, 0.2) is 0 Å². The van der Waals surface area contributed by atoms with Crippen molar-refractivity contribution >= 4 is 30.4 Å².